The Hall–Kier alpha value is -2.47. The lowest BCUT2D eigenvalue weighted by molar-refractivity contribution is 0.228. The molecular weight excluding hydrogens is 354 g/mol. The van der Waals surface area contributed by atoms with Gasteiger partial charge in [-0.1, -0.05) is 62.3 Å². The first-order valence-corrected chi connectivity index (χ1v) is 10.4. The van der Waals surface area contributed by atoms with Crippen molar-refractivity contribution >= 4 is 26.7 Å². The van der Waals surface area contributed by atoms with Gasteiger partial charge in [0, 0.05) is 11.6 Å². The normalized spacial score (nSPS) is 18.0. The highest BCUT2D eigenvalue weighted by molar-refractivity contribution is 7.22. The van der Waals surface area contributed by atoms with E-state index in [0.29, 0.717) is 17.9 Å². The van der Waals surface area contributed by atoms with Gasteiger partial charge in [0.1, 0.15) is 12.7 Å². The Labute approximate surface area is 163 Å². The first-order valence-electron chi connectivity index (χ1n) is 9.63. The van der Waals surface area contributed by atoms with Gasteiger partial charge in [-0.15, -0.1) is 0 Å². The number of hydrogen-bond acceptors (Lipinski definition) is 5. The minimum Gasteiger partial charge on any atom is -0.332 e. The van der Waals surface area contributed by atoms with Crippen LogP contribution in [0.3, 0.4) is 0 Å². The first kappa shape index (κ1) is 17.9. The van der Waals surface area contributed by atoms with E-state index in [9.17, 15) is 0 Å². The van der Waals surface area contributed by atoms with Crippen molar-refractivity contribution in [3.8, 4) is 0 Å². The molecule has 0 radical (unpaired) electrons. The molecule has 2 atom stereocenters. The van der Waals surface area contributed by atoms with Crippen molar-refractivity contribution in [2.75, 3.05) is 5.32 Å². The Kier molecular flexibility index (Phi) is 5.34. The SMILES string of the molecule is CCC(CC)C(C1C=CC(Nc2nc3ccccc3s2)=CC1)n1cncn1. The molecule has 1 N–H and O–H groups in total. The zero-order valence-corrected chi connectivity index (χ0v) is 16.6. The summed E-state index contributed by atoms with van der Waals surface area (Å²) in [5.74, 6) is 1.02. The molecular formula is C21H25N5S. The summed E-state index contributed by atoms with van der Waals surface area (Å²) < 4.78 is 3.25. The third-order valence-corrected chi connectivity index (χ3v) is 6.34. The molecule has 1 aliphatic rings. The number of anilines is 1. The van der Waals surface area contributed by atoms with Crippen LogP contribution in [0.25, 0.3) is 10.2 Å². The highest BCUT2D eigenvalue weighted by Gasteiger charge is 2.29. The second kappa shape index (κ2) is 8.05. The number of nitrogens with one attached hydrogen (secondary N) is 1. The summed E-state index contributed by atoms with van der Waals surface area (Å²) in [6.07, 6.45) is 13.6. The minimum absolute atomic E-state index is 0.346. The fourth-order valence-electron chi connectivity index (χ4n) is 3.94. The number of fused-ring (bicyclic) bond motifs is 1. The van der Waals surface area contributed by atoms with Gasteiger partial charge in [-0.2, -0.15) is 5.10 Å². The highest BCUT2D eigenvalue weighted by atomic mass is 32.1. The van der Waals surface area contributed by atoms with E-state index < -0.39 is 0 Å². The van der Waals surface area contributed by atoms with Gasteiger partial charge in [-0.3, -0.25) is 0 Å². The van der Waals surface area contributed by atoms with Gasteiger partial charge >= 0.3 is 0 Å². The molecule has 140 valence electrons. The molecule has 0 amide bonds. The highest BCUT2D eigenvalue weighted by Crippen LogP contribution is 2.36. The van der Waals surface area contributed by atoms with Crippen LogP contribution in [0.15, 0.2) is 60.8 Å². The fraction of sp³-hybridized carbons (Fsp3) is 0.381. The number of aromatic nitrogens is 4. The van der Waals surface area contributed by atoms with Crippen LogP contribution < -0.4 is 5.32 Å². The van der Waals surface area contributed by atoms with E-state index in [0.717, 1.165) is 35.6 Å². The standard InChI is InChI=1S/C21H25N5S/c1-3-15(4-2)20(26-14-22-13-23-26)16-9-11-17(12-10-16)24-21-25-18-7-5-6-8-19(18)27-21/h5-9,11-16,20H,3-4,10H2,1-2H3,(H,24,25). The molecule has 2 aromatic heterocycles. The zero-order chi connectivity index (χ0) is 18.6. The average molecular weight is 380 g/mol. The van der Waals surface area contributed by atoms with Crippen LogP contribution in [-0.2, 0) is 0 Å². The van der Waals surface area contributed by atoms with Gasteiger partial charge in [0.05, 0.1) is 16.3 Å². The minimum atomic E-state index is 0.346. The Balaban J connectivity index is 1.49. The molecule has 1 aliphatic carbocycles. The zero-order valence-electron chi connectivity index (χ0n) is 15.7. The summed E-state index contributed by atoms with van der Waals surface area (Å²) in [6, 6.07) is 8.59. The lowest BCUT2D eigenvalue weighted by Gasteiger charge is -2.32. The number of hydrogen-bond donors (Lipinski definition) is 1. The van der Waals surface area contributed by atoms with E-state index in [1.807, 2.05) is 17.1 Å². The molecule has 0 saturated heterocycles. The van der Waals surface area contributed by atoms with Crippen molar-refractivity contribution in [3.05, 3.63) is 60.8 Å². The third-order valence-electron chi connectivity index (χ3n) is 5.39. The fourth-order valence-corrected chi connectivity index (χ4v) is 4.82. The van der Waals surface area contributed by atoms with E-state index in [1.54, 1.807) is 17.7 Å². The number of para-hydroxylation sites is 1. The van der Waals surface area contributed by atoms with E-state index in [1.165, 1.54) is 4.70 Å². The predicted octanol–water partition coefficient (Wildman–Crippen LogP) is 5.44. The van der Waals surface area contributed by atoms with E-state index >= 15 is 0 Å². The Bertz CT molecular complexity index is 904. The Morgan fingerprint density at radius 2 is 2.11 bits per heavy atom. The maximum Gasteiger partial charge on any atom is 0.188 e. The van der Waals surface area contributed by atoms with Gasteiger partial charge in [0.15, 0.2) is 5.13 Å². The van der Waals surface area contributed by atoms with Crippen LogP contribution in [0.4, 0.5) is 5.13 Å². The molecule has 0 fully saturated rings. The molecule has 0 bridgehead atoms. The molecule has 3 aromatic rings. The summed E-state index contributed by atoms with van der Waals surface area (Å²) in [7, 11) is 0. The smallest absolute Gasteiger partial charge is 0.188 e. The molecule has 2 heterocycles. The van der Waals surface area contributed by atoms with Gasteiger partial charge in [0.25, 0.3) is 0 Å². The molecule has 2 unspecified atom stereocenters. The second-order valence-electron chi connectivity index (χ2n) is 6.97. The lowest BCUT2D eigenvalue weighted by Crippen LogP contribution is -2.27. The van der Waals surface area contributed by atoms with Gasteiger partial charge in [0.2, 0.25) is 0 Å². The van der Waals surface area contributed by atoms with Crippen molar-refractivity contribution in [1.82, 2.24) is 19.7 Å². The third kappa shape index (κ3) is 3.81. The molecule has 5 nitrogen and oxygen atoms in total. The summed E-state index contributed by atoms with van der Waals surface area (Å²) >= 11 is 1.69. The van der Waals surface area contributed by atoms with Crippen LogP contribution in [0.2, 0.25) is 0 Å². The largest absolute Gasteiger partial charge is 0.332 e. The molecule has 0 aliphatic heterocycles. The van der Waals surface area contributed by atoms with Crippen molar-refractivity contribution in [3.63, 3.8) is 0 Å². The Morgan fingerprint density at radius 1 is 1.26 bits per heavy atom. The van der Waals surface area contributed by atoms with Crippen LogP contribution in [0.5, 0.6) is 0 Å². The summed E-state index contributed by atoms with van der Waals surface area (Å²) in [5, 5.41) is 8.86. The molecule has 0 spiro atoms. The lowest BCUT2D eigenvalue weighted by atomic mass is 9.81. The molecule has 4 rings (SSSR count). The summed E-state index contributed by atoms with van der Waals surface area (Å²) in [5.41, 5.74) is 2.16. The maximum absolute atomic E-state index is 4.67. The molecule has 6 heteroatoms. The number of benzene rings is 1. The van der Waals surface area contributed by atoms with Crippen molar-refractivity contribution in [2.45, 2.75) is 39.2 Å². The van der Waals surface area contributed by atoms with Crippen molar-refractivity contribution in [2.24, 2.45) is 11.8 Å². The van der Waals surface area contributed by atoms with Gasteiger partial charge < -0.3 is 5.32 Å². The predicted molar refractivity (Wildman–Crippen MR) is 112 cm³/mol. The number of rotatable bonds is 7. The van der Waals surface area contributed by atoms with Crippen molar-refractivity contribution < 1.29 is 0 Å². The second-order valence-corrected chi connectivity index (χ2v) is 8.00. The average Bonchev–Trinajstić information content (AvgIpc) is 3.36. The number of thiazole rings is 1. The Morgan fingerprint density at radius 3 is 2.78 bits per heavy atom. The topological polar surface area (TPSA) is 55.6 Å². The van der Waals surface area contributed by atoms with Crippen LogP contribution in [0, 0.1) is 11.8 Å². The van der Waals surface area contributed by atoms with Crippen LogP contribution in [-0.4, -0.2) is 19.7 Å². The van der Waals surface area contributed by atoms with E-state index in [2.05, 4.69) is 70.7 Å². The van der Waals surface area contributed by atoms with Crippen LogP contribution >= 0.6 is 11.3 Å². The van der Waals surface area contributed by atoms with Crippen LogP contribution in [0.1, 0.15) is 39.2 Å². The number of nitrogens with zero attached hydrogens (tertiary/aromatic N) is 4. The summed E-state index contributed by atoms with van der Waals surface area (Å²) in [6.45, 7) is 4.53. The van der Waals surface area contributed by atoms with E-state index in [4.69, 9.17) is 0 Å². The van der Waals surface area contributed by atoms with E-state index in [-0.39, 0.29) is 0 Å². The first-order chi connectivity index (χ1) is 13.3. The number of allylic oxidation sites excluding steroid dienone is 3. The maximum atomic E-state index is 4.67. The summed E-state index contributed by atoms with van der Waals surface area (Å²) in [4.78, 5) is 8.84. The molecule has 0 saturated carbocycles. The quantitative estimate of drug-likeness (QED) is 0.594. The molecule has 1 aromatic carbocycles. The van der Waals surface area contributed by atoms with Gasteiger partial charge in [-0.05, 0) is 30.5 Å². The van der Waals surface area contributed by atoms with Crippen molar-refractivity contribution in [1.29, 1.82) is 0 Å². The molecule has 27 heavy (non-hydrogen) atoms. The monoisotopic (exact) mass is 379 g/mol. The van der Waals surface area contributed by atoms with Gasteiger partial charge in [-0.25, -0.2) is 14.6 Å².